The molecule has 8 heteroatoms. The normalized spacial score (nSPS) is 15.9. The van der Waals surface area contributed by atoms with E-state index in [1.54, 1.807) is 12.1 Å². The van der Waals surface area contributed by atoms with Gasteiger partial charge in [-0.15, -0.1) is 0 Å². The molecule has 2 N–H and O–H groups in total. The number of aryl methyl sites for hydroxylation is 2. The molecule has 3 rings (SSSR count). The van der Waals surface area contributed by atoms with E-state index in [1.807, 2.05) is 31.4 Å². The van der Waals surface area contributed by atoms with Gasteiger partial charge in [0, 0.05) is 24.1 Å². The van der Waals surface area contributed by atoms with E-state index in [9.17, 15) is 19.2 Å². The Kier molecular flexibility index (Phi) is 4.64. The number of rotatable bonds is 3. The summed E-state index contributed by atoms with van der Waals surface area (Å²) in [6, 6.07) is 5.91. The lowest BCUT2D eigenvalue weighted by molar-refractivity contribution is -0.129. The zero-order chi connectivity index (χ0) is 20.7. The van der Waals surface area contributed by atoms with Crippen molar-refractivity contribution in [2.75, 3.05) is 7.05 Å². The first-order valence-electron chi connectivity index (χ1n) is 8.50. The second-order valence-corrected chi connectivity index (χ2v) is 6.65. The van der Waals surface area contributed by atoms with Crippen LogP contribution in [0.2, 0.25) is 0 Å². The van der Waals surface area contributed by atoms with E-state index in [0.29, 0.717) is 5.56 Å². The number of imide groups is 2. The van der Waals surface area contributed by atoms with Gasteiger partial charge in [0.2, 0.25) is 0 Å². The van der Waals surface area contributed by atoms with E-state index >= 15 is 0 Å². The Balaban J connectivity index is 2.08. The molecule has 1 fully saturated rings. The predicted octanol–water partition coefficient (Wildman–Crippen LogP) is 2.19. The average molecular weight is 381 g/mol. The van der Waals surface area contributed by atoms with E-state index in [2.05, 4.69) is 5.32 Å². The fourth-order valence-electron chi connectivity index (χ4n) is 3.24. The van der Waals surface area contributed by atoms with Gasteiger partial charge in [-0.2, -0.15) is 0 Å². The molecule has 1 aliphatic rings. The summed E-state index contributed by atoms with van der Waals surface area (Å²) in [4.78, 5) is 47.9. The number of nitrogens with one attached hydrogen (secondary N) is 1. The lowest BCUT2D eigenvalue weighted by Crippen LogP contribution is -2.52. The Morgan fingerprint density at radius 2 is 1.79 bits per heavy atom. The molecule has 0 aliphatic carbocycles. The van der Waals surface area contributed by atoms with Crippen LogP contribution in [0.3, 0.4) is 0 Å². The standard InChI is InChI=1S/C20H19N3O5/c1-10-7-13(19(26)27)5-6-16(10)23-11(2)8-14(12(23)3)9-15-17(24)21-20(28)22(4)18(15)25/h5-9H,1-4H3,(H,26,27)(H,21,24,28)/b15-9-. The molecular weight excluding hydrogens is 362 g/mol. The van der Waals surface area contributed by atoms with Crippen molar-refractivity contribution in [3.05, 3.63) is 57.9 Å². The molecule has 144 valence electrons. The second kappa shape index (κ2) is 6.80. The van der Waals surface area contributed by atoms with Crippen LogP contribution in [0, 0.1) is 20.8 Å². The summed E-state index contributed by atoms with van der Waals surface area (Å²) < 4.78 is 1.92. The molecule has 1 aromatic heterocycles. The summed E-state index contributed by atoms with van der Waals surface area (Å²) in [5.41, 5.74) is 3.93. The molecule has 0 radical (unpaired) electrons. The first kappa shape index (κ1) is 19.1. The van der Waals surface area contributed by atoms with Gasteiger partial charge in [0.1, 0.15) is 5.57 Å². The maximum absolute atomic E-state index is 12.3. The van der Waals surface area contributed by atoms with E-state index in [4.69, 9.17) is 5.11 Å². The maximum Gasteiger partial charge on any atom is 0.335 e. The minimum atomic E-state index is -0.999. The third-order valence-corrected chi connectivity index (χ3v) is 4.76. The van der Waals surface area contributed by atoms with E-state index in [0.717, 1.165) is 27.5 Å². The predicted molar refractivity (Wildman–Crippen MR) is 101 cm³/mol. The average Bonchev–Trinajstić information content (AvgIpc) is 2.90. The fraction of sp³-hybridized carbons (Fsp3) is 0.200. The number of barbiturate groups is 1. The molecule has 0 unspecified atom stereocenters. The van der Waals surface area contributed by atoms with Crippen molar-refractivity contribution >= 4 is 29.9 Å². The monoisotopic (exact) mass is 381 g/mol. The molecule has 28 heavy (non-hydrogen) atoms. The topological polar surface area (TPSA) is 109 Å². The van der Waals surface area contributed by atoms with Crippen LogP contribution in [0.15, 0.2) is 29.8 Å². The molecule has 1 aromatic carbocycles. The van der Waals surface area contributed by atoms with E-state index in [-0.39, 0.29) is 11.1 Å². The smallest absolute Gasteiger partial charge is 0.335 e. The van der Waals surface area contributed by atoms with Gasteiger partial charge in [-0.25, -0.2) is 9.59 Å². The largest absolute Gasteiger partial charge is 0.478 e. The molecule has 1 saturated heterocycles. The number of aromatic nitrogens is 1. The van der Waals surface area contributed by atoms with E-state index in [1.165, 1.54) is 19.2 Å². The minimum absolute atomic E-state index is 0.125. The van der Waals surface area contributed by atoms with Gasteiger partial charge < -0.3 is 9.67 Å². The van der Waals surface area contributed by atoms with Gasteiger partial charge in [-0.3, -0.25) is 19.8 Å². The van der Waals surface area contributed by atoms with Gasteiger partial charge in [-0.05, 0) is 62.2 Å². The van der Waals surface area contributed by atoms with Crippen LogP contribution < -0.4 is 5.32 Å². The minimum Gasteiger partial charge on any atom is -0.478 e. The van der Waals surface area contributed by atoms with Gasteiger partial charge in [0.05, 0.1) is 5.56 Å². The third kappa shape index (κ3) is 3.09. The van der Waals surface area contributed by atoms with Crippen LogP contribution in [-0.4, -0.2) is 45.4 Å². The zero-order valence-corrected chi connectivity index (χ0v) is 15.9. The molecule has 8 nitrogen and oxygen atoms in total. The van der Waals surface area contributed by atoms with Crippen LogP contribution >= 0.6 is 0 Å². The number of carbonyl (C=O) groups excluding carboxylic acids is 3. The number of hydrogen-bond donors (Lipinski definition) is 2. The SMILES string of the molecule is Cc1cc(C(=O)O)ccc1-n1c(C)cc(/C=C2/C(=O)NC(=O)N(C)C2=O)c1C. The Bertz CT molecular complexity index is 1080. The number of amides is 4. The molecule has 2 aromatic rings. The molecule has 1 aliphatic heterocycles. The summed E-state index contributed by atoms with van der Waals surface area (Å²) in [6.07, 6.45) is 1.46. The summed E-state index contributed by atoms with van der Waals surface area (Å²) >= 11 is 0. The van der Waals surface area contributed by atoms with Gasteiger partial charge >= 0.3 is 12.0 Å². The van der Waals surface area contributed by atoms with Crippen molar-refractivity contribution in [3.63, 3.8) is 0 Å². The van der Waals surface area contributed by atoms with Gasteiger partial charge in [-0.1, -0.05) is 0 Å². The lowest BCUT2D eigenvalue weighted by atomic mass is 10.1. The van der Waals surface area contributed by atoms with Crippen LogP contribution in [0.5, 0.6) is 0 Å². The zero-order valence-electron chi connectivity index (χ0n) is 15.9. The number of benzene rings is 1. The molecule has 0 bridgehead atoms. The van der Waals surface area contributed by atoms with Crippen molar-refractivity contribution in [3.8, 4) is 5.69 Å². The molecule has 4 amide bonds. The Morgan fingerprint density at radius 3 is 2.39 bits per heavy atom. The summed E-state index contributed by atoms with van der Waals surface area (Å²) in [5, 5.41) is 11.3. The van der Waals surface area contributed by atoms with Crippen molar-refractivity contribution in [1.82, 2.24) is 14.8 Å². The lowest BCUT2D eigenvalue weighted by Gasteiger charge is -2.22. The Morgan fingerprint density at radius 1 is 1.11 bits per heavy atom. The quantitative estimate of drug-likeness (QED) is 0.626. The molecular formula is C20H19N3O5. The number of carboxylic acids is 1. The highest BCUT2D eigenvalue weighted by atomic mass is 16.4. The van der Waals surface area contributed by atoms with Crippen LogP contribution in [0.1, 0.15) is 32.9 Å². The molecule has 0 atom stereocenters. The van der Waals surface area contributed by atoms with Gasteiger partial charge in [0.25, 0.3) is 11.8 Å². The van der Waals surface area contributed by atoms with Crippen LogP contribution in [0.4, 0.5) is 4.79 Å². The highest BCUT2D eigenvalue weighted by molar-refractivity contribution is 6.30. The number of aromatic carboxylic acids is 1. The first-order chi connectivity index (χ1) is 13.1. The van der Waals surface area contributed by atoms with Gasteiger partial charge in [0.15, 0.2) is 0 Å². The third-order valence-electron chi connectivity index (χ3n) is 4.76. The van der Waals surface area contributed by atoms with Crippen molar-refractivity contribution in [1.29, 1.82) is 0 Å². The Hall–Kier alpha value is -3.68. The fourth-order valence-corrected chi connectivity index (χ4v) is 3.24. The second-order valence-electron chi connectivity index (χ2n) is 6.65. The summed E-state index contributed by atoms with van der Waals surface area (Å²) in [5.74, 6) is -2.40. The molecule has 2 heterocycles. The summed E-state index contributed by atoms with van der Waals surface area (Å²) in [7, 11) is 1.30. The molecule has 0 spiro atoms. The number of carbonyl (C=O) groups is 4. The van der Waals surface area contributed by atoms with Crippen molar-refractivity contribution in [2.45, 2.75) is 20.8 Å². The highest BCUT2D eigenvalue weighted by Gasteiger charge is 2.33. The van der Waals surface area contributed by atoms with Crippen LogP contribution in [0.25, 0.3) is 11.8 Å². The highest BCUT2D eigenvalue weighted by Crippen LogP contribution is 2.26. The number of urea groups is 1. The number of nitrogens with zero attached hydrogens (tertiary/aromatic N) is 2. The number of hydrogen-bond acceptors (Lipinski definition) is 4. The summed E-state index contributed by atoms with van der Waals surface area (Å²) in [6.45, 7) is 5.53. The first-order valence-corrected chi connectivity index (χ1v) is 8.50. The maximum atomic E-state index is 12.3. The van der Waals surface area contributed by atoms with Crippen molar-refractivity contribution < 1.29 is 24.3 Å². The number of carboxylic acid groups (broad SMARTS) is 1. The van der Waals surface area contributed by atoms with Crippen LogP contribution in [-0.2, 0) is 9.59 Å². The van der Waals surface area contributed by atoms with E-state index < -0.39 is 23.8 Å². The van der Waals surface area contributed by atoms with Crippen molar-refractivity contribution in [2.24, 2.45) is 0 Å². The Labute approximate surface area is 161 Å². The molecule has 0 saturated carbocycles. The number of likely N-dealkylation sites (N-methyl/N-ethyl adjacent to an activating group) is 1.